The molecule has 2 N–H and O–H groups in total. The van der Waals surface area contributed by atoms with Crippen molar-refractivity contribution in [2.75, 3.05) is 17.1 Å². The zero-order chi connectivity index (χ0) is 21.7. The molecule has 0 spiro atoms. The van der Waals surface area contributed by atoms with Crippen molar-refractivity contribution < 1.29 is 22.5 Å². The van der Waals surface area contributed by atoms with E-state index in [-0.39, 0.29) is 16.7 Å². The summed E-state index contributed by atoms with van der Waals surface area (Å²) < 4.78 is 37.5. The molecule has 0 aliphatic carbocycles. The van der Waals surface area contributed by atoms with E-state index in [0.717, 1.165) is 11.3 Å². The van der Waals surface area contributed by atoms with E-state index in [1.807, 2.05) is 24.3 Å². The fourth-order valence-electron chi connectivity index (χ4n) is 2.68. The molecule has 8 nitrogen and oxygen atoms in total. The van der Waals surface area contributed by atoms with Gasteiger partial charge in [-0.05, 0) is 62.2 Å². The summed E-state index contributed by atoms with van der Waals surface area (Å²) in [5, 5.41) is 6.50. The molecule has 0 fully saturated rings. The number of hydrogen-bond acceptors (Lipinski definition) is 6. The van der Waals surface area contributed by atoms with Crippen LogP contribution in [0.4, 0.5) is 11.6 Å². The van der Waals surface area contributed by atoms with Crippen molar-refractivity contribution in [3.05, 3.63) is 65.4 Å². The molecule has 0 radical (unpaired) electrons. The lowest BCUT2D eigenvalue weighted by Gasteiger charge is -2.08. The van der Waals surface area contributed by atoms with Crippen molar-refractivity contribution >= 4 is 27.5 Å². The number of amides is 1. The predicted octanol–water partition coefficient (Wildman–Crippen LogP) is 3.67. The molecule has 0 aliphatic rings. The van der Waals surface area contributed by atoms with E-state index in [1.165, 1.54) is 12.1 Å². The molecule has 30 heavy (non-hydrogen) atoms. The third kappa shape index (κ3) is 5.18. The molecule has 1 heterocycles. The first kappa shape index (κ1) is 21.4. The van der Waals surface area contributed by atoms with Gasteiger partial charge in [-0.25, -0.2) is 13.1 Å². The van der Waals surface area contributed by atoms with E-state index in [2.05, 4.69) is 15.2 Å². The minimum absolute atomic E-state index is 0.0483. The molecule has 0 saturated heterocycles. The van der Waals surface area contributed by atoms with Crippen LogP contribution in [0.5, 0.6) is 5.75 Å². The zero-order valence-electron chi connectivity index (χ0n) is 16.9. The normalized spacial score (nSPS) is 11.2. The van der Waals surface area contributed by atoms with Gasteiger partial charge in [0.2, 0.25) is 11.8 Å². The van der Waals surface area contributed by atoms with Crippen molar-refractivity contribution in [2.24, 2.45) is 0 Å². The number of nitrogens with one attached hydrogen (secondary N) is 2. The number of methoxy groups -OCH3 is 1. The number of aromatic nitrogens is 1. The third-order valence-electron chi connectivity index (χ3n) is 4.63. The SMILES string of the molecule is COc1ccc(CCC(=O)Nc2ccc(S(=O)(=O)Nc3onc(C)c3C)cc2)cc1. The lowest BCUT2D eigenvalue weighted by atomic mass is 10.1. The van der Waals surface area contributed by atoms with Gasteiger partial charge in [0.05, 0.1) is 17.7 Å². The summed E-state index contributed by atoms with van der Waals surface area (Å²) in [6.07, 6.45) is 0.889. The highest BCUT2D eigenvalue weighted by molar-refractivity contribution is 7.92. The van der Waals surface area contributed by atoms with Crippen molar-refractivity contribution in [2.45, 2.75) is 31.6 Å². The monoisotopic (exact) mass is 429 g/mol. The Bertz CT molecular complexity index is 1120. The standard InChI is InChI=1S/C21H23N3O5S/c1-14-15(2)23-29-21(14)24-30(26,27)19-11-7-17(8-12-19)22-20(25)13-6-16-4-9-18(28-3)10-5-16/h4-5,7-12,24H,6,13H2,1-3H3,(H,22,25). The van der Waals surface area contributed by atoms with Gasteiger partial charge in [0.1, 0.15) is 5.75 Å². The van der Waals surface area contributed by atoms with E-state index in [4.69, 9.17) is 9.26 Å². The number of ether oxygens (including phenoxy) is 1. The summed E-state index contributed by atoms with van der Waals surface area (Å²) in [5.74, 6) is 0.692. The number of anilines is 2. The maximum atomic E-state index is 12.5. The molecule has 2 aromatic carbocycles. The molecule has 9 heteroatoms. The Hall–Kier alpha value is -3.33. The Labute approximate surface area is 175 Å². The lowest BCUT2D eigenvalue weighted by Crippen LogP contribution is -2.14. The smallest absolute Gasteiger partial charge is 0.264 e. The molecule has 3 aromatic rings. The van der Waals surface area contributed by atoms with Crippen LogP contribution in [0.15, 0.2) is 57.9 Å². The molecule has 0 bridgehead atoms. The van der Waals surface area contributed by atoms with Crippen LogP contribution in [0.3, 0.4) is 0 Å². The second-order valence-electron chi connectivity index (χ2n) is 6.75. The largest absolute Gasteiger partial charge is 0.497 e. The van der Waals surface area contributed by atoms with Crippen molar-refractivity contribution in [3.63, 3.8) is 0 Å². The maximum Gasteiger partial charge on any atom is 0.264 e. The van der Waals surface area contributed by atoms with E-state index in [9.17, 15) is 13.2 Å². The van der Waals surface area contributed by atoms with Crippen LogP contribution in [-0.4, -0.2) is 26.6 Å². The molecule has 1 aromatic heterocycles. The molecule has 0 atom stereocenters. The van der Waals surface area contributed by atoms with Gasteiger partial charge in [-0.1, -0.05) is 17.3 Å². The number of aryl methyl sites for hydroxylation is 2. The number of carbonyl (C=O) groups is 1. The van der Waals surface area contributed by atoms with Gasteiger partial charge < -0.3 is 14.6 Å². The summed E-state index contributed by atoms with van der Waals surface area (Å²) in [6, 6.07) is 13.4. The fourth-order valence-corrected chi connectivity index (χ4v) is 3.73. The summed E-state index contributed by atoms with van der Waals surface area (Å²) in [4.78, 5) is 12.2. The first-order valence-corrected chi connectivity index (χ1v) is 10.8. The van der Waals surface area contributed by atoms with Crippen molar-refractivity contribution in [3.8, 4) is 5.75 Å². The van der Waals surface area contributed by atoms with Crippen LogP contribution < -0.4 is 14.8 Å². The average Bonchev–Trinajstić information content (AvgIpc) is 3.04. The minimum atomic E-state index is -3.83. The first-order chi connectivity index (χ1) is 14.3. The molecule has 1 amide bonds. The number of nitrogens with zero attached hydrogens (tertiary/aromatic N) is 1. The van der Waals surface area contributed by atoms with E-state index in [1.54, 1.807) is 33.1 Å². The first-order valence-electron chi connectivity index (χ1n) is 9.27. The lowest BCUT2D eigenvalue weighted by molar-refractivity contribution is -0.116. The fraction of sp³-hybridized carbons (Fsp3) is 0.238. The Kier molecular flexibility index (Phi) is 6.41. The molecule has 0 aliphatic heterocycles. The minimum Gasteiger partial charge on any atom is -0.497 e. The van der Waals surface area contributed by atoms with Gasteiger partial charge in [0.25, 0.3) is 10.0 Å². The zero-order valence-corrected chi connectivity index (χ0v) is 17.7. The number of carbonyl (C=O) groups excluding carboxylic acids is 1. The number of hydrogen-bond donors (Lipinski definition) is 2. The van der Waals surface area contributed by atoms with Crippen LogP contribution >= 0.6 is 0 Å². The molecule has 158 valence electrons. The molecule has 0 saturated carbocycles. The highest BCUT2D eigenvalue weighted by atomic mass is 32.2. The van der Waals surface area contributed by atoms with E-state index >= 15 is 0 Å². The second kappa shape index (κ2) is 9.00. The van der Waals surface area contributed by atoms with Gasteiger partial charge in [0.15, 0.2) is 0 Å². The predicted molar refractivity (Wildman–Crippen MR) is 113 cm³/mol. The number of sulfonamides is 1. The molecular formula is C21H23N3O5S. The average molecular weight is 429 g/mol. The molecule has 0 unspecified atom stereocenters. The van der Waals surface area contributed by atoms with Gasteiger partial charge in [-0.2, -0.15) is 0 Å². The quantitative estimate of drug-likeness (QED) is 0.565. The van der Waals surface area contributed by atoms with Crippen molar-refractivity contribution in [1.82, 2.24) is 5.16 Å². The summed E-state index contributed by atoms with van der Waals surface area (Å²) in [5.41, 5.74) is 2.77. The van der Waals surface area contributed by atoms with Crippen LogP contribution in [0.1, 0.15) is 23.2 Å². The number of benzene rings is 2. The number of rotatable bonds is 8. The van der Waals surface area contributed by atoms with Gasteiger partial charge in [0, 0.05) is 17.7 Å². The van der Waals surface area contributed by atoms with Gasteiger partial charge in [-0.15, -0.1) is 0 Å². The van der Waals surface area contributed by atoms with Crippen LogP contribution in [0, 0.1) is 13.8 Å². The summed E-state index contributed by atoms with van der Waals surface area (Å²) in [7, 11) is -2.22. The van der Waals surface area contributed by atoms with Crippen LogP contribution in [-0.2, 0) is 21.2 Å². The van der Waals surface area contributed by atoms with E-state index < -0.39 is 10.0 Å². The highest BCUT2D eigenvalue weighted by Crippen LogP contribution is 2.22. The summed E-state index contributed by atoms with van der Waals surface area (Å²) >= 11 is 0. The Morgan fingerprint density at radius 1 is 1.07 bits per heavy atom. The van der Waals surface area contributed by atoms with Crippen LogP contribution in [0.2, 0.25) is 0 Å². The molecular weight excluding hydrogens is 406 g/mol. The Morgan fingerprint density at radius 3 is 2.30 bits per heavy atom. The molecule has 3 rings (SSSR count). The van der Waals surface area contributed by atoms with Gasteiger partial charge in [-0.3, -0.25) is 4.79 Å². The second-order valence-corrected chi connectivity index (χ2v) is 8.43. The van der Waals surface area contributed by atoms with Crippen LogP contribution in [0.25, 0.3) is 0 Å². The Balaban J connectivity index is 1.57. The third-order valence-corrected chi connectivity index (χ3v) is 5.98. The summed E-state index contributed by atoms with van der Waals surface area (Å²) in [6.45, 7) is 3.44. The highest BCUT2D eigenvalue weighted by Gasteiger charge is 2.19. The Morgan fingerprint density at radius 2 is 1.73 bits per heavy atom. The van der Waals surface area contributed by atoms with Crippen molar-refractivity contribution in [1.29, 1.82) is 0 Å². The van der Waals surface area contributed by atoms with E-state index in [0.29, 0.717) is 29.8 Å². The topological polar surface area (TPSA) is 111 Å². The maximum absolute atomic E-state index is 12.5. The van der Waals surface area contributed by atoms with Gasteiger partial charge >= 0.3 is 0 Å².